The first kappa shape index (κ1) is 15.1. The van der Waals surface area contributed by atoms with Crippen LogP contribution in [0, 0.1) is 11.6 Å². The van der Waals surface area contributed by atoms with Gasteiger partial charge < -0.3 is 5.32 Å². The van der Waals surface area contributed by atoms with Crippen molar-refractivity contribution in [3.63, 3.8) is 0 Å². The molecule has 0 aliphatic rings. The van der Waals surface area contributed by atoms with Crippen LogP contribution >= 0.6 is 15.9 Å². The minimum atomic E-state index is -0.259. The highest BCUT2D eigenvalue weighted by atomic mass is 79.9. The number of likely N-dealkylation sites (N-methyl/N-ethyl adjacent to an activating group) is 1. The van der Waals surface area contributed by atoms with Crippen molar-refractivity contribution < 1.29 is 8.78 Å². The van der Waals surface area contributed by atoms with Gasteiger partial charge in [0.05, 0.1) is 0 Å². The van der Waals surface area contributed by atoms with Gasteiger partial charge in [0.1, 0.15) is 11.6 Å². The summed E-state index contributed by atoms with van der Waals surface area (Å²) in [6, 6.07) is 11.0. The van der Waals surface area contributed by atoms with Crippen molar-refractivity contribution in [2.24, 2.45) is 0 Å². The molecular weight excluding hydrogens is 324 g/mol. The van der Waals surface area contributed by atoms with Crippen LogP contribution in [0.3, 0.4) is 0 Å². The van der Waals surface area contributed by atoms with Gasteiger partial charge in [-0.25, -0.2) is 8.78 Å². The smallest absolute Gasteiger partial charge is 0.123 e. The first-order valence-electron chi connectivity index (χ1n) is 6.53. The quantitative estimate of drug-likeness (QED) is 0.837. The number of halogens is 3. The van der Waals surface area contributed by atoms with Crippen molar-refractivity contribution in [3.05, 3.63) is 69.7 Å². The van der Waals surface area contributed by atoms with E-state index in [1.54, 1.807) is 18.2 Å². The maximum Gasteiger partial charge on any atom is 0.123 e. The first-order chi connectivity index (χ1) is 9.60. The topological polar surface area (TPSA) is 12.0 Å². The Morgan fingerprint density at radius 2 is 1.70 bits per heavy atom. The van der Waals surface area contributed by atoms with E-state index in [9.17, 15) is 8.78 Å². The van der Waals surface area contributed by atoms with Crippen LogP contribution < -0.4 is 5.32 Å². The molecule has 0 aliphatic carbocycles. The zero-order valence-electron chi connectivity index (χ0n) is 11.2. The van der Waals surface area contributed by atoms with Gasteiger partial charge in [-0.05, 0) is 54.4 Å². The fourth-order valence-corrected chi connectivity index (χ4v) is 2.70. The van der Waals surface area contributed by atoms with Crippen LogP contribution in [0.2, 0.25) is 0 Å². The molecule has 0 spiro atoms. The summed E-state index contributed by atoms with van der Waals surface area (Å²) in [5.74, 6) is -0.508. The molecule has 1 nitrogen and oxygen atoms in total. The average molecular weight is 340 g/mol. The summed E-state index contributed by atoms with van der Waals surface area (Å²) in [5.41, 5.74) is 1.88. The predicted octanol–water partition coefficient (Wildman–Crippen LogP) is 4.62. The van der Waals surface area contributed by atoms with Gasteiger partial charge in [-0.15, -0.1) is 0 Å². The molecule has 1 unspecified atom stereocenters. The van der Waals surface area contributed by atoms with E-state index in [-0.39, 0.29) is 17.7 Å². The van der Waals surface area contributed by atoms with Gasteiger partial charge >= 0.3 is 0 Å². The normalized spacial score (nSPS) is 12.4. The molecule has 0 saturated heterocycles. The van der Waals surface area contributed by atoms with Crippen molar-refractivity contribution in [1.82, 2.24) is 5.32 Å². The molecule has 2 aromatic carbocycles. The second-order valence-corrected chi connectivity index (χ2v) is 5.46. The van der Waals surface area contributed by atoms with E-state index in [1.165, 1.54) is 24.3 Å². The molecular formula is C16H16BrF2N. The zero-order valence-corrected chi connectivity index (χ0v) is 12.8. The Hall–Kier alpha value is -1.26. The Labute approximate surface area is 126 Å². The minimum Gasteiger partial charge on any atom is -0.310 e. The van der Waals surface area contributed by atoms with E-state index in [1.807, 2.05) is 6.92 Å². The Bertz CT molecular complexity index is 569. The van der Waals surface area contributed by atoms with Gasteiger partial charge in [0, 0.05) is 10.5 Å². The lowest BCUT2D eigenvalue weighted by atomic mass is 9.98. The van der Waals surface area contributed by atoms with Gasteiger partial charge in [-0.3, -0.25) is 0 Å². The molecule has 106 valence electrons. The molecule has 0 aromatic heterocycles. The SMILES string of the molecule is CCNC(Cc1ccc(F)cc1)c1cc(F)ccc1Br. The maximum atomic E-state index is 13.4. The van der Waals surface area contributed by atoms with Gasteiger partial charge in [-0.1, -0.05) is 35.0 Å². The summed E-state index contributed by atoms with van der Waals surface area (Å²) in [5, 5.41) is 3.34. The van der Waals surface area contributed by atoms with Crippen molar-refractivity contribution in [2.75, 3.05) is 6.54 Å². The third-order valence-electron chi connectivity index (χ3n) is 3.14. The van der Waals surface area contributed by atoms with E-state index in [0.29, 0.717) is 6.42 Å². The highest BCUT2D eigenvalue weighted by Crippen LogP contribution is 2.27. The molecule has 0 aliphatic heterocycles. The van der Waals surface area contributed by atoms with E-state index in [4.69, 9.17) is 0 Å². The van der Waals surface area contributed by atoms with Crippen molar-refractivity contribution in [3.8, 4) is 0 Å². The summed E-state index contributed by atoms with van der Waals surface area (Å²) in [7, 11) is 0. The van der Waals surface area contributed by atoms with Crippen molar-refractivity contribution >= 4 is 15.9 Å². The minimum absolute atomic E-state index is 0.0180. The molecule has 1 atom stereocenters. The van der Waals surface area contributed by atoms with Crippen LogP contribution in [0.15, 0.2) is 46.9 Å². The lowest BCUT2D eigenvalue weighted by Gasteiger charge is -2.20. The summed E-state index contributed by atoms with van der Waals surface area (Å²) in [6.45, 7) is 2.78. The molecule has 20 heavy (non-hydrogen) atoms. The molecule has 0 heterocycles. The van der Waals surface area contributed by atoms with E-state index >= 15 is 0 Å². The standard InChI is InChI=1S/C16H16BrF2N/c1-2-20-16(9-11-3-5-12(18)6-4-11)14-10-13(19)7-8-15(14)17/h3-8,10,16,20H,2,9H2,1H3. The summed E-state index contributed by atoms with van der Waals surface area (Å²) < 4.78 is 27.2. The maximum absolute atomic E-state index is 13.4. The number of nitrogens with one attached hydrogen (secondary N) is 1. The number of hydrogen-bond donors (Lipinski definition) is 1. The van der Waals surface area contributed by atoms with Crippen LogP contribution in [-0.4, -0.2) is 6.54 Å². The van der Waals surface area contributed by atoms with E-state index in [2.05, 4.69) is 21.2 Å². The highest BCUT2D eigenvalue weighted by Gasteiger charge is 2.15. The third-order valence-corrected chi connectivity index (χ3v) is 3.86. The van der Waals surface area contributed by atoms with Crippen molar-refractivity contribution in [1.29, 1.82) is 0 Å². The second kappa shape index (κ2) is 6.95. The number of rotatable bonds is 5. The number of hydrogen-bond acceptors (Lipinski definition) is 1. The molecule has 1 N–H and O–H groups in total. The van der Waals surface area contributed by atoms with Crippen LogP contribution in [0.5, 0.6) is 0 Å². The monoisotopic (exact) mass is 339 g/mol. The van der Waals surface area contributed by atoms with Crippen LogP contribution in [-0.2, 0) is 6.42 Å². The van der Waals surface area contributed by atoms with Crippen LogP contribution in [0.25, 0.3) is 0 Å². The van der Waals surface area contributed by atoms with E-state index < -0.39 is 0 Å². The molecule has 0 amide bonds. The summed E-state index contributed by atoms with van der Waals surface area (Å²) in [4.78, 5) is 0. The fraction of sp³-hybridized carbons (Fsp3) is 0.250. The number of benzene rings is 2. The Kier molecular flexibility index (Phi) is 5.26. The van der Waals surface area contributed by atoms with Gasteiger partial charge in [0.25, 0.3) is 0 Å². The molecule has 0 radical (unpaired) electrons. The first-order valence-corrected chi connectivity index (χ1v) is 7.32. The molecule has 2 rings (SSSR count). The van der Waals surface area contributed by atoms with Crippen LogP contribution in [0.1, 0.15) is 24.1 Å². The molecule has 2 aromatic rings. The molecule has 0 fully saturated rings. The zero-order chi connectivity index (χ0) is 14.5. The lowest BCUT2D eigenvalue weighted by molar-refractivity contribution is 0.540. The van der Waals surface area contributed by atoms with E-state index in [0.717, 1.165) is 22.1 Å². The molecule has 0 bridgehead atoms. The van der Waals surface area contributed by atoms with Crippen LogP contribution in [0.4, 0.5) is 8.78 Å². The third kappa shape index (κ3) is 3.87. The average Bonchev–Trinajstić information content (AvgIpc) is 2.43. The fourth-order valence-electron chi connectivity index (χ4n) is 2.18. The summed E-state index contributed by atoms with van der Waals surface area (Å²) in [6.07, 6.45) is 0.677. The Morgan fingerprint density at radius 1 is 1.05 bits per heavy atom. The van der Waals surface area contributed by atoms with Gasteiger partial charge in [0.15, 0.2) is 0 Å². The van der Waals surface area contributed by atoms with Gasteiger partial charge in [-0.2, -0.15) is 0 Å². The largest absolute Gasteiger partial charge is 0.310 e. The summed E-state index contributed by atoms with van der Waals surface area (Å²) >= 11 is 3.46. The lowest BCUT2D eigenvalue weighted by Crippen LogP contribution is -2.23. The molecule has 0 saturated carbocycles. The second-order valence-electron chi connectivity index (χ2n) is 4.61. The van der Waals surface area contributed by atoms with Crippen molar-refractivity contribution in [2.45, 2.75) is 19.4 Å². The Balaban J connectivity index is 2.26. The van der Waals surface area contributed by atoms with Gasteiger partial charge in [0.2, 0.25) is 0 Å². The highest BCUT2D eigenvalue weighted by molar-refractivity contribution is 9.10. The molecule has 4 heteroatoms. The Morgan fingerprint density at radius 3 is 2.35 bits per heavy atom. The predicted molar refractivity (Wildman–Crippen MR) is 80.6 cm³/mol.